The van der Waals surface area contributed by atoms with E-state index in [-0.39, 0.29) is 24.9 Å². The van der Waals surface area contributed by atoms with E-state index in [1.54, 1.807) is 11.8 Å². The minimum atomic E-state index is -4.27. The summed E-state index contributed by atoms with van der Waals surface area (Å²) in [6.45, 7) is -0.0713. The summed E-state index contributed by atoms with van der Waals surface area (Å²) in [4.78, 5) is 12.6. The summed E-state index contributed by atoms with van der Waals surface area (Å²) in [7, 11) is 0. The van der Waals surface area contributed by atoms with Crippen molar-refractivity contribution in [3.63, 3.8) is 0 Å². The molecular weight excluding hydrogens is 265 g/mol. The second kappa shape index (κ2) is 5.69. The molecule has 0 spiro atoms. The van der Waals surface area contributed by atoms with Crippen LogP contribution in [0.15, 0.2) is 0 Å². The van der Waals surface area contributed by atoms with Gasteiger partial charge in [0.25, 0.3) is 0 Å². The number of alkyl halides is 3. The zero-order valence-corrected chi connectivity index (χ0v) is 10.8. The first-order chi connectivity index (χ1) is 8.47. The van der Waals surface area contributed by atoms with Gasteiger partial charge < -0.3 is 5.32 Å². The van der Waals surface area contributed by atoms with Crippen LogP contribution in [0.3, 0.4) is 0 Å². The van der Waals surface area contributed by atoms with Gasteiger partial charge in [0.2, 0.25) is 5.91 Å². The number of carbonyl (C=O) groups excluding carboxylic acids is 1. The van der Waals surface area contributed by atoms with E-state index < -0.39 is 12.2 Å². The lowest BCUT2D eigenvalue weighted by Gasteiger charge is -2.38. The van der Waals surface area contributed by atoms with Crippen molar-refractivity contribution in [1.29, 1.82) is 0 Å². The largest absolute Gasteiger partial charge is 0.405 e. The van der Waals surface area contributed by atoms with Crippen LogP contribution in [0.4, 0.5) is 13.2 Å². The van der Waals surface area contributed by atoms with E-state index in [9.17, 15) is 18.0 Å². The molecule has 0 aliphatic carbocycles. The van der Waals surface area contributed by atoms with Crippen LogP contribution < -0.4 is 5.32 Å². The molecular formula is C11H17F3N2OS. The van der Waals surface area contributed by atoms with Crippen LogP contribution in [0.25, 0.3) is 0 Å². The number of rotatable bonds is 2. The quantitative estimate of drug-likeness (QED) is 0.833. The van der Waals surface area contributed by atoms with E-state index in [0.717, 1.165) is 24.3 Å². The molecule has 2 aliphatic rings. The van der Waals surface area contributed by atoms with E-state index in [1.807, 2.05) is 0 Å². The normalized spacial score (nSPS) is 31.2. The van der Waals surface area contributed by atoms with Crippen LogP contribution in [-0.4, -0.2) is 54.2 Å². The molecule has 2 heterocycles. The van der Waals surface area contributed by atoms with Crippen molar-refractivity contribution in [2.24, 2.45) is 5.92 Å². The minimum Gasteiger partial charge on any atom is -0.353 e. The standard InChI is InChI=1S/C11H17F3N2OS/c12-11(13,14)9-4-15-10(17)6-16(9)5-8-2-1-3-18-7-8/h8-9H,1-7H2,(H,15,17). The molecule has 0 radical (unpaired) electrons. The Labute approximate surface area is 108 Å². The highest BCUT2D eigenvalue weighted by molar-refractivity contribution is 7.99. The summed E-state index contributed by atoms with van der Waals surface area (Å²) >= 11 is 1.79. The maximum Gasteiger partial charge on any atom is 0.405 e. The zero-order chi connectivity index (χ0) is 13.2. The Balaban J connectivity index is 1.98. The highest BCUT2D eigenvalue weighted by Crippen LogP contribution is 2.29. The first-order valence-corrected chi connectivity index (χ1v) is 7.27. The van der Waals surface area contributed by atoms with Crippen molar-refractivity contribution in [2.75, 3.05) is 31.1 Å². The second-order valence-corrected chi connectivity index (χ2v) is 6.02. The highest BCUT2D eigenvalue weighted by Gasteiger charge is 2.46. The summed E-state index contributed by atoms with van der Waals surface area (Å²) in [5.74, 6) is 1.97. The Morgan fingerprint density at radius 1 is 1.44 bits per heavy atom. The monoisotopic (exact) mass is 282 g/mol. The summed E-state index contributed by atoms with van der Waals surface area (Å²) in [5.41, 5.74) is 0. The van der Waals surface area contributed by atoms with Gasteiger partial charge in [-0.1, -0.05) is 0 Å². The highest BCUT2D eigenvalue weighted by atomic mass is 32.2. The van der Waals surface area contributed by atoms with E-state index in [0.29, 0.717) is 6.54 Å². The van der Waals surface area contributed by atoms with Crippen LogP contribution in [0.5, 0.6) is 0 Å². The Bertz CT molecular complexity index is 305. The number of nitrogens with zero attached hydrogens (tertiary/aromatic N) is 1. The molecule has 0 aromatic heterocycles. The first-order valence-electron chi connectivity index (χ1n) is 6.12. The van der Waals surface area contributed by atoms with Gasteiger partial charge in [0, 0.05) is 13.1 Å². The van der Waals surface area contributed by atoms with E-state index in [2.05, 4.69) is 5.32 Å². The molecule has 3 nitrogen and oxygen atoms in total. The lowest BCUT2D eigenvalue weighted by molar-refractivity contribution is -0.190. The summed E-state index contributed by atoms with van der Waals surface area (Å²) in [6.07, 6.45) is -2.24. The molecule has 0 aromatic rings. The molecule has 0 saturated carbocycles. The molecule has 7 heteroatoms. The molecule has 104 valence electrons. The Morgan fingerprint density at radius 2 is 2.22 bits per heavy atom. The fourth-order valence-electron chi connectivity index (χ4n) is 2.49. The number of hydrogen-bond donors (Lipinski definition) is 1. The molecule has 2 fully saturated rings. The molecule has 0 aromatic carbocycles. The van der Waals surface area contributed by atoms with Crippen LogP contribution in [0.1, 0.15) is 12.8 Å². The fourth-order valence-corrected chi connectivity index (χ4v) is 3.63. The summed E-state index contributed by atoms with van der Waals surface area (Å²) in [5, 5.41) is 2.30. The fraction of sp³-hybridized carbons (Fsp3) is 0.909. The maximum atomic E-state index is 12.9. The Morgan fingerprint density at radius 3 is 2.83 bits per heavy atom. The summed E-state index contributed by atoms with van der Waals surface area (Å²) in [6, 6.07) is -1.53. The molecule has 1 amide bonds. The van der Waals surface area contributed by atoms with Gasteiger partial charge in [-0.05, 0) is 30.3 Å². The molecule has 2 atom stereocenters. The van der Waals surface area contributed by atoms with Crippen molar-refractivity contribution in [3.05, 3.63) is 0 Å². The van der Waals surface area contributed by atoms with Gasteiger partial charge in [-0.2, -0.15) is 24.9 Å². The molecule has 1 N–H and O–H groups in total. The van der Waals surface area contributed by atoms with Gasteiger partial charge >= 0.3 is 6.18 Å². The van der Waals surface area contributed by atoms with Crippen LogP contribution in [0, 0.1) is 5.92 Å². The number of carbonyl (C=O) groups is 1. The second-order valence-electron chi connectivity index (χ2n) is 4.87. The van der Waals surface area contributed by atoms with Crippen molar-refractivity contribution < 1.29 is 18.0 Å². The SMILES string of the molecule is O=C1CN(CC2CCCSC2)C(C(F)(F)F)CN1. The average molecular weight is 282 g/mol. The van der Waals surface area contributed by atoms with Crippen molar-refractivity contribution in [1.82, 2.24) is 10.2 Å². The lowest BCUT2D eigenvalue weighted by Crippen LogP contribution is -2.60. The number of nitrogens with one attached hydrogen (secondary N) is 1. The third kappa shape index (κ3) is 3.54. The predicted molar refractivity (Wildman–Crippen MR) is 64.5 cm³/mol. The summed E-state index contributed by atoms with van der Waals surface area (Å²) < 4.78 is 38.6. The van der Waals surface area contributed by atoms with Crippen LogP contribution in [-0.2, 0) is 4.79 Å². The number of piperazine rings is 1. The Hall–Kier alpha value is -0.430. The van der Waals surface area contributed by atoms with Gasteiger partial charge in [0.05, 0.1) is 6.54 Å². The van der Waals surface area contributed by atoms with Crippen molar-refractivity contribution >= 4 is 17.7 Å². The third-order valence-electron chi connectivity index (χ3n) is 3.41. The third-order valence-corrected chi connectivity index (χ3v) is 4.69. The van der Waals surface area contributed by atoms with E-state index in [1.165, 1.54) is 4.90 Å². The molecule has 2 unspecified atom stereocenters. The Kier molecular flexibility index (Phi) is 4.42. The van der Waals surface area contributed by atoms with Gasteiger partial charge in [-0.3, -0.25) is 9.69 Å². The van der Waals surface area contributed by atoms with Crippen molar-refractivity contribution in [3.8, 4) is 0 Å². The molecule has 18 heavy (non-hydrogen) atoms. The number of thioether (sulfide) groups is 1. The number of hydrogen-bond acceptors (Lipinski definition) is 3. The number of halogens is 3. The predicted octanol–water partition coefficient (Wildman–Crippen LogP) is 1.49. The molecule has 2 aliphatic heterocycles. The topological polar surface area (TPSA) is 32.3 Å². The maximum absolute atomic E-state index is 12.9. The van der Waals surface area contributed by atoms with Crippen molar-refractivity contribution in [2.45, 2.75) is 25.1 Å². The van der Waals surface area contributed by atoms with Gasteiger partial charge in [0.1, 0.15) is 6.04 Å². The smallest absolute Gasteiger partial charge is 0.353 e. The molecule has 2 rings (SSSR count). The zero-order valence-electron chi connectivity index (χ0n) is 10.0. The number of amides is 1. The minimum absolute atomic E-state index is 0.134. The van der Waals surface area contributed by atoms with E-state index in [4.69, 9.17) is 0 Å². The lowest BCUT2D eigenvalue weighted by atomic mass is 10.0. The first kappa shape index (κ1) is 14.0. The van der Waals surface area contributed by atoms with Crippen LogP contribution in [0.2, 0.25) is 0 Å². The van der Waals surface area contributed by atoms with Gasteiger partial charge in [-0.25, -0.2) is 0 Å². The van der Waals surface area contributed by atoms with E-state index >= 15 is 0 Å². The average Bonchev–Trinajstić information content (AvgIpc) is 2.28. The van der Waals surface area contributed by atoms with Crippen LogP contribution >= 0.6 is 11.8 Å². The van der Waals surface area contributed by atoms with Gasteiger partial charge in [-0.15, -0.1) is 0 Å². The van der Waals surface area contributed by atoms with Gasteiger partial charge in [0.15, 0.2) is 0 Å². The molecule has 0 bridgehead atoms. The molecule has 2 saturated heterocycles.